The minimum absolute atomic E-state index is 0.114. The van der Waals surface area contributed by atoms with Gasteiger partial charge in [-0.15, -0.1) is 0 Å². The molecule has 0 unspecified atom stereocenters. The zero-order valence-corrected chi connectivity index (χ0v) is 14.8. The van der Waals surface area contributed by atoms with E-state index in [4.69, 9.17) is 23.2 Å². The number of nitrogens with one attached hydrogen (secondary N) is 1. The summed E-state index contributed by atoms with van der Waals surface area (Å²) in [5, 5.41) is 9.30. The molecule has 2 heterocycles. The Bertz CT molecular complexity index is 993. The van der Waals surface area contributed by atoms with Crippen molar-refractivity contribution in [1.82, 2.24) is 10.2 Å². The van der Waals surface area contributed by atoms with Crippen LogP contribution in [0.3, 0.4) is 0 Å². The molecule has 0 bridgehead atoms. The lowest BCUT2D eigenvalue weighted by atomic mass is 10.0. The Hall–Kier alpha value is -2.30. The molecule has 25 heavy (non-hydrogen) atoms. The second-order valence-corrected chi connectivity index (χ2v) is 6.82. The molecule has 0 spiro atoms. The molecule has 1 N–H and O–H groups in total. The number of anilines is 1. The third-order valence-electron chi connectivity index (χ3n) is 4.35. The van der Waals surface area contributed by atoms with Crippen molar-refractivity contribution in [1.29, 1.82) is 0 Å². The number of amides is 1. The van der Waals surface area contributed by atoms with Gasteiger partial charge in [0.2, 0.25) is 0 Å². The first-order valence-corrected chi connectivity index (χ1v) is 8.79. The first-order chi connectivity index (χ1) is 12.1. The molecular weight excluding hydrogens is 357 g/mol. The minimum Gasteiger partial charge on any atom is -0.307 e. The van der Waals surface area contributed by atoms with Crippen molar-refractivity contribution >= 4 is 51.8 Å². The summed E-state index contributed by atoms with van der Waals surface area (Å²) in [6.45, 7) is 0.638. The fourth-order valence-electron chi connectivity index (χ4n) is 3.22. The van der Waals surface area contributed by atoms with Gasteiger partial charge in [0.15, 0.2) is 0 Å². The summed E-state index contributed by atoms with van der Waals surface area (Å²) in [5.41, 5.74) is 3.45. The third kappa shape index (κ3) is 3.03. The molecule has 0 saturated carbocycles. The minimum atomic E-state index is -0.114. The van der Waals surface area contributed by atoms with Crippen molar-refractivity contribution < 1.29 is 4.79 Å². The number of nitrogens with zero attached hydrogens (tertiary/aromatic N) is 2. The molecule has 6 heteroatoms. The van der Waals surface area contributed by atoms with Gasteiger partial charge in [-0.2, -0.15) is 5.10 Å². The highest BCUT2D eigenvalue weighted by Gasteiger charge is 2.24. The van der Waals surface area contributed by atoms with Crippen LogP contribution in [0.1, 0.15) is 17.7 Å². The Kier molecular flexibility index (Phi) is 4.24. The highest BCUT2D eigenvalue weighted by molar-refractivity contribution is 6.37. The van der Waals surface area contributed by atoms with Crippen molar-refractivity contribution in [3.8, 4) is 0 Å². The highest BCUT2D eigenvalue weighted by Crippen LogP contribution is 2.37. The van der Waals surface area contributed by atoms with Crippen LogP contribution < -0.4 is 4.90 Å². The fraction of sp³-hybridized carbons (Fsp3) is 0.158. The van der Waals surface area contributed by atoms with Crippen LogP contribution in [0.5, 0.6) is 0 Å². The van der Waals surface area contributed by atoms with Gasteiger partial charge in [0, 0.05) is 23.0 Å². The number of H-pyrrole nitrogens is 1. The number of rotatable bonds is 2. The zero-order chi connectivity index (χ0) is 17.4. The van der Waals surface area contributed by atoms with E-state index in [1.807, 2.05) is 30.3 Å². The number of carbonyl (C=O) groups is 1. The van der Waals surface area contributed by atoms with Crippen molar-refractivity contribution in [2.24, 2.45) is 0 Å². The third-order valence-corrected chi connectivity index (χ3v) is 4.86. The molecule has 126 valence electrons. The maximum Gasteiger partial charge on any atom is 0.251 e. The lowest BCUT2D eigenvalue weighted by Crippen LogP contribution is -2.34. The standard InChI is InChI=1S/C19H15Cl2N3O/c20-13-10-12-4-3-9-24(19(12)15(21)11-13)18(25)8-7-17-14-5-1-2-6-16(14)22-23-17/h1-2,5-8,10-11H,3-4,9H2,(H,22,23). The predicted molar refractivity (Wildman–Crippen MR) is 102 cm³/mol. The second-order valence-electron chi connectivity index (χ2n) is 5.98. The quantitative estimate of drug-likeness (QED) is 0.653. The zero-order valence-electron chi connectivity index (χ0n) is 13.3. The van der Waals surface area contributed by atoms with Gasteiger partial charge in [-0.3, -0.25) is 9.89 Å². The molecule has 4 nitrogen and oxygen atoms in total. The summed E-state index contributed by atoms with van der Waals surface area (Å²) in [6, 6.07) is 11.4. The number of carbonyl (C=O) groups excluding carboxylic acids is 1. The van der Waals surface area contributed by atoms with E-state index in [1.54, 1.807) is 23.1 Å². The van der Waals surface area contributed by atoms with Gasteiger partial charge in [-0.1, -0.05) is 41.4 Å². The first kappa shape index (κ1) is 16.2. The van der Waals surface area contributed by atoms with Crippen LogP contribution in [0.25, 0.3) is 17.0 Å². The van der Waals surface area contributed by atoms with Gasteiger partial charge in [0.1, 0.15) is 0 Å². The van der Waals surface area contributed by atoms with E-state index in [1.165, 1.54) is 0 Å². The normalized spacial score (nSPS) is 14.2. The molecule has 0 aliphatic carbocycles. The SMILES string of the molecule is O=C(C=Cc1n[nH]c2ccccc12)N1CCCc2cc(Cl)cc(Cl)c21. The van der Waals surface area contributed by atoms with Crippen molar-refractivity contribution in [3.05, 3.63) is 63.8 Å². The summed E-state index contributed by atoms with van der Waals surface area (Å²) < 4.78 is 0. The average molecular weight is 372 g/mol. The van der Waals surface area contributed by atoms with Crippen molar-refractivity contribution in [2.75, 3.05) is 11.4 Å². The highest BCUT2D eigenvalue weighted by atomic mass is 35.5. The Morgan fingerprint density at radius 2 is 2.08 bits per heavy atom. The fourth-order valence-corrected chi connectivity index (χ4v) is 3.86. The largest absolute Gasteiger partial charge is 0.307 e. The van der Waals surface area contributed by atoms with Crippen LogP contribution in [0.15, 0.2) is 42.5 Å². The number of hydrogen-bond donors (Lipinski definition) is 1. The molecule has 1 aromatic heterocycles. The van der Waals surface area contributed by atoms with Gasteiger partial charge in [0.25, 0.3) is 5.91 Å². The number of aromatic amines is 1. The van der Waals surface area contributed by atoms with E-state index in [2.05, 4.69) is 10.2 Å². The van der Waals surface area contributed by atoms with Crippen LogP contribution in [-0.2, 0) is 11.2 Å². The van der Waals surface area contributed by atoms with Gasteiger partial charge >= 0.3 is 0 Å². The van der Waals surface area contributed by atoms with Gasteiger partial charge in [-0.25, -0.2) is 0 Å². The summed E-state index contributed by atoms with van der Waals surface area (Å²) >= 11 is 12.4. The maximum atomic E-state index is 12.7. The van der Waals surface area contributed by atoms with E-state index in [0.29, 0.717) is 16.6 Å². The van der Waals surface area contributed by atoms with Crippen LogP contribution in [0.4, 0.5) is 5.69 Å². The van der Waals surface area contributed by atoms with Crippen LogP contribution >= 0.6 is 23.2 Å². The molecule has 1 amide bonds. The Morgan fingerprint density at radius 1 is 1.24 bits per heavy atom. The van der Waals surface area contributed by atoms with E-state index in [-0.39, 0.29) is 5.91 Å². The van der Waals surface area contributed by atoms with E-state index >= 15 is 0 Å². The molecule has 0 fully saturated rings. The molecule has 0 radical (unpaired) electrons. The molecule has 0 atom stereocenters. The number of para-hydroxylation sites is 1. The second kappa shape index (κ2) is 6.54. The molecule has 3 aromatic rings. The first-order valence-electron chi connectivity index (χ1n) is 8.04. The molecular formula is C19H15Cl2N3O. The van der Waals surface area contributed by atoms with Gasteiger partial charge < -0.3 is 4.90 Å². The molecule has 2 aromatic carbocycles. The summed E-state index contributed by atoms with van der Waals surface area (Å²) in [5.74, 6) is -0.114. The number of aryl methyl sites for hydroxylation is 1. The van der Waals surface area contributed by atoms with Gasteiger partial charge in [-0.05, 0) is 42.7 Å². The van der Waals surface area contributed by atoms with E-state index in [9.17, 15) is 4.79 Å². The Labute approximate surface area is 155 Å². The molecule has 1 aliphatic heterocycles. The number of benzene rings is 2. The van der Waals surface area contributed by atoms with Crippen LogP contribution in [0, 0.1) is 0 Å². The molecule has 4 rings (SSSR count). The van der Waals surface area contributed by atoms with Gasteiger partial charge in [0.05, 0.1) is 21.9 Å². The monoisotopic (exact) mass is 371 g/mol. The van der Waals surface area contributed by atoms with Crippen LogP contribution in [0.2, 0.25) is 10.0 Å². The Balaban J connectivity index is 1.65. The number of halogens is 2. The summed E-state index contributed by atoms with van der Waals surface area (Å²) in [6.07, 6.45) is 5.03. The maximum absolute atomic E-state index is 12.7. The van der Waals surface area contributed by atoms with E-state index < -0.39 is 0 Å². The molecule has 1 aliphatic rings. The van der Waals surface area contributed by atoms with Crippen molar-refractivity contribution in [3.63, 3.8) is 0 Å². The molecule has 0 saturated heterocycles. The smallest absolute Gasteiger partial charge is 0.251 e. The topological polar surface area (TPSA) is 49.0 Å². The van der Waals surface area contributed by atoms with Crippen LogP contribution in [-0.4, -0.2) is 22.6 Å². The lowest BCUT2D eigenvalue weighted by molar-refractivity contribution is -0.114. The lowest BCUT2D eigenvalue weighted by Gasteiger charge is -2.29. The number of fused-ring (bicyclic) bond motifs is 2. The van der Waals surface area contributed by atoms with E-state index in [0.717, 1.165) is 40.7 Å². The summed E-state index contributed by atoms with van der Waals surface area (Å²) in [4.78, 5) is 14.4. The average Bonchev–Trinajstić information content (AvgIpc) is 3.02. The van der Waals surface area contributed by atoms with Crippen molar-refractivity contribution in [2.45, 2.75) is 12.8 Å². The number of hydrogen-bond acceptors (Lipinski definition) is 2. The number of aromatic nitrogens is 2. The predicted octanol–water partition coefficient (Wildman–Crippen LogP) is 4.86. The summed E-state index contributed by atoms with van der Waals surface area (Å²) in [7, 11) is 0. The Morgan fingerprint density at radius 3 is 2.96 bits per heavy atom.